The molecule has 1 aromatic heterocycles. The van der Waals surface area contributed by atoms with Crippen LogP contribution in [0.2, 0.25) is 0 Å². The zero-order valence-corrected chi connectivity index (χ0v) is 17.8. The van der Waals surface area contributed by atoms with Gasteiger partial charge >= 0.3 is 18.7 Å². The molecule has 0 spiro atoms. The Bertz CT molecular complexity index is 1180. The fourth-order valence-electron chi connectivity index (χ4n) is 3.25. The highest BCUT2D eigenvalue weighted by molar-refractivity contribution is 6.62. The van der Waals surface area contributed by atoms with E-state index in [-0.39, 0.29) is 5.58 Å². The van der Waals surface area contributed by atoms with Crippen molar-refractivity contribution >= 4 is 29.5 Å². The molecule has 0 bridgehead atoms. The number of hydrogen-bond donors (Lipinski definition) is 1. The van der Waals surface area contributed by atoms with Gasteiger partial charge in [0, 0.05) is 11.5 Å². The Morgan fingerprint density at radius 2 is 1.65 bits per heavy atom. The highest BCUT2D eigenvalue weighted by Crippen LogP contribution is 2.36. The predicted molar refractivity (Wildman–Crippen MR) is 116 cm³/mol. The Balaban J connectivity index is 1.45. The van der Waals surface area contributed by atoms with Crippen molar-refractivity contribution in [1.29, 1.82) is 0 Å². The van der Waals surface area contributed by atoms with Gasteiger partial charge in [-0.05, 0) is 56.9 Å². The van der Waals surface area contributed by atoms with Crippen LogP contribution in [0.25, 0.3) is 11.0 Å². The first kappa shape index (κ1) is 21.1. The molecule has 2 aromatic carbocycles. The zero-order chi connectivity index (χ0) is 22.4. The van der Waals surface area contributed by atoms with Gasteiger partial charge in [0.25, 0.3) is 0 Å². The summed E-state index contributed by atoms with van der Waals surface area (Å²) in [6.07, 6.45) is 0. The van der Waals surface area contributed by atoms with Crippen molar-refractivity contribution in [3.8, 4) is 5.75 Å². The van der Waals surface area contributed by atoms with Crippen molar-refractivity contribution in [2.24, 2.45) is 0 Å². The molecule has 0 radical (unpaired) electrons. The second-order valence-electron chi connectivity index (χ2n) is 8.57. The van der Waals surface area contributed by atoms with Gasteiger partial charge in [-0.15, -0.1) is 0 Å². The van der Waals surface area contributed by atoms with Gasteiger partial charge in [0.15, 0.2) is 0 Å². The Kier molecular flexibility index (Phi) is 5.15. The third-order valence-electron chi connectivity index (χ3n) is 5.85. The molecule has 4 rings (SSSR count). The van der Waals surface area contributed by atoms with Gasteiger partial charge in [-0.25, -0.2) is 9.59 Å². The number of carboxylic acid groups (broad SMARTS) is 1. The summed E-state index contributed by atoms with van der Waals surface area (Å²) in [6, 6.07) is 14.0. The first-order valence-corrected chi connectivity index (χ1v) is 9.94. The normalized spacial score (nSPS) is 17.1. The van der Waals surface area contributed by atoms with Crippen LogP contribution in [0.3, 0.4) is 0 Å². The molecule has 3 aromatic rings. The lowest BCUT2D eigenvalue weighted by Gasteiger charge is -2.32. The first-order chi connectivity index (χ1) is 14.6. The van der Waals surface area contributed by atoms with Crippen molar-refractivity contribution in [1.82, 2.24) is 0 Å². The lowest BCUT2D eigenvalue weighted by Crippen LogP contribution is -2.41. The molecule has 160 valence electrons. The maximum absolute atomic E-state index is 11.8. The number of carbonyl (C=O) groups is 1. The van der Waals surface area contributed by atoms with Crippen molar-refractivity contribution in [2.75, 3.05) is 0 Å². The SMILES string of the molecule is CC1(C)OB(c2ccc(COc3ccc4cc(C(=O)O)c(=O)oc4c3)cc2)OC1(C)C. The Hall–Kier alpha value is -3.10. The summed E-state index contributed by atoms with van der Waals surface area (Å²) in [5.41, 5.74) is 0.0698. The summed E-state index contributed by atoms with van der Waals surface area (Å²) in [6.45, 7) is 8.38. The van der Waals surface area contributed by atoms with Crippen LogP contribution in [0.15, 0.2) is 57.7 Å². The molecule has 1 fully saturated rings. The lowest BCUT2D eigenvalue weighted by atomic mass is 9.79. The van der Waals surface area contributed by atoms with Crippen LogP contribution < -0.4 is 15.8 Å². The van der Waals surface area contributed by atoms with E-state index in [4.69, 9.17) is 23.6 Å². The molecule has 8 heteroatoms. The second kappa shape index (κ2) is 7.55. The molecule has 2 heterocycles. The van der Waals surface area contributed by atoms with E-state index < -0.39 is 35.5 Å². The van der Waals surface area contributed by atoms with Crippen LogP contribution in [0.4, 0.5) is 0 Å². The van der Waals surface area contributed by atoms with E-state index in [9.17, 15) is 9.59 Å². The first-order valence-electron chi connectivity index (χ1n) is 9.94. The van der Waals surface area contributed by atoms with E-state index in [2.05, 4.69) is 0 Å². The predicted octanol–water partition coefficient (Wildman–Crippen LogP) is 3.37. The van der Waals surface area contributed by atoms with Crippen LogP contribution in [0.5, 0.6) is 5.75 Å². The Morgan fingerprint density at radius 1 is 1.00 bits per heavy atom. The maximum atomic E-state index is 11.8. The molecule has 0 saturated carbocycles. The summed E-state index contributed by atoms with van der Waals surface area (Å²) in [7, 11) is -0.418. The quantitative estimate of drug-likeness (QED) is 0.498. The average Bonchev–Trinajstić information content (AvgIpc) is 2.93. The van der Waals surface area contributed by atoms with Gasteiger partial charge in [-0.3, -0.25) is 0 Å². The van der Waals surface area contributed by atoms with Gasteiger partial charge < -0.3 is 23.6 Å². The minimum Gasteiger partial charge on any atom is -0.489 e. The fraction of sp³-hybridized carbons (Fsp3) is 0.304. The summed E-state index contributed by atoms with van der Waals surface area (Å²) in [4.78, 5) is 22.8. The minimum atomic E-state index is -1.32. The van der Waals surface area contributed by atoms with Crippen LogP contribution in [0.1, 0.15) is 43.6 Å². The molecule has 0 unspecified atom stereocenters. The van der Waals surface area contributed by atoms with Crippen LogP contribution in [-0.2, 0) is 15.9 Å². The van der Waals surface area contributed by atoms with Gasteiger partial charge in [-0.2, -0.15) is 0 Å². The van der Waals surface area contributed by atoms with Crippen molar-refractivity contribution < 1.29 is 28.4 Å². The number of rotatable bonds is 5. The van der Waals surface area contributed by atoms with Gasteiger partial charge in [0.2, 0.25) is 0 Å². The van der Waals surface area contributed by atoms with Gasteiger partial charge in [-0.1, -0.05) is 24.3 Å². The van der Waals surface area contributed by atoms with E-state index in [1.54, 1.807) is 18.2 Å². The summed E-state index contributed by atoms with van der Waals surface area (Å²) < 4.78 is 23.1. The zero-order valence-electron chi connectivity index (χ0n) is 17.8. The van der Waals surface area contributed by atoms with E-state index >= 15 is 0 Å². The monoisotopic (exact) mass is 422 g/mol. The van der Waals surface area contributed by atoms with E-state index in [0.29, 0.717) is 17.7 Å². The largest absolute Gasteiger partial charge is 0.494 e. The van der Waals surface area contributed by atoms with Crippen LogP contribution in [-0.4, -0.2) is 29.4 Å². The van der Waals surface area contributed by atoms with E-state index in [0.717, 1.165) is 11.0 Å². The van der Waals surface area contributed by atoms with Gasteiger partial charge in [0.1, 0.15) is 23.5 Å². The average molecular weight is 422 g/mol. The molecule has 1 saturated heterocycles. The molecule has 0 amide bonds. The third-order valence-corrected chi connectivity index (χ3v) is 5.85. The van der Waals surface area contributed by atoms with E-state index in [1.807, 2.05) is 52.0 Å². The molecular formula is C23H23BO7. The molecule has 1 aliphatic rings. The minimum absolute atomic E-state index is 0.267. The summed E-state index contributed by atoms with van der Waals surface area (Å²) >= 11 is 0. The van der Waals surface area contributed by atoms with Crippen molar-refractivity contribution in [3.63, 3.8) is 0 Å². The number of hydrogen-bond acceptors (Lipinski definition) is 6. The second-order valence-corrected chi connectivity index (χ2v) is 8.57. The molecule has 31 heavy (non-hydrogen) atoms. The highest BCUT2D eigenvalue weighted by Gasteiger charge is 2.51. The number of benzene rings is 2. The third kappa shape index (κ3) is 4.09. The number of aromatic carboxylic acids is 1. The number of ether oxygens (including phenoxy) is 1. The van der Waals surface area contributed by atoms with Crippen LogP contribution >= 0.6 is 0 Å². The smallest absolute Gasteiger partial charge is 0.489 e. The molecule has 0 aliphatic carbocycles. The molecule has 7 nitrogen and oxygen atoms in total. The molecule has 1 aliphatic heterocycles. The number of fused-ring (bicyclic) bond motifs is 1. The molecule has 1 N–H and O–H groups in total. The highest BCUT2D eigenvalue weighted by atomic mass is 16.7. The summed E-state index contributed by atoms with van der Waals surface area (Å²) in [5.74, 6) is -0.811. The lowest BCUT2D eigenvalue weighted by molar-refractivity contribution is 0.00578. The standard InChI is InChI=1S/C23H23BO7/c1-22(2)23(3,4)31-24(30-22)16-8-5-14(6-9-16)13-28-17-10-7-15-11-18(20(25)26)21(27)29-19(15)12-17/h5-12H,13H2,1-4H3,(H,25,26). The molecule has 0 atom stereocenters. The molecular weight excluding hydrogens is 399 g/mol. The Labute approximate surface area is 179 Å². The van der Waals surface area contributed by atoms with Crippen LogP contribution in [0, 0.1) is 0 Å². The summed E-state index contributed by atoms with van der Waals surface area (Å²) in [5, 5.41) is 9.54. The Morgan fingerprint density at radius 3 is 2.26 bits per heavy atom. The van der Waals surface area contributed by atoms with Crippen molar-refractivity contribution in [2.45, 2.75) is 45.5 Å². The fourth-order valence-corrected chi connectivity index (χ4v) is 3.25. The van der Waals surface area contributed by atoms with Gasteiger partial charge in [0.05, 0.1) is 11.2 Å². The maximum Gasteiger partial charge on any atom is 0.494 e. The number of carboxylic acids is 1. The van der Waals surface area contributed by atoms with E-state index in [1.165, 1.54) is 6.07 Å². The van der Waals surface area contributed by atoms with Crippen molar-refractivity contribution in [3.05, 3.63) is 70.1 Å². The topological polar surface area (TPSA) is 95.2 Å².